The molecule has 29 N–H and O–H groups in total. The molecule has 55 nitrogen and oxygen atoms in total. The standard InChI is InChI=1S/C68H115N7O48/c76-11-31-42(91)48(97)54(103)61(118-31)112-17-67(18-113-62-55(104)49(98)43(92)32(12-77)119-62,19-114-63-56(105)50(99)44(93)33(13-78)120-63)71-38(86)4-2-30(70-40(88)8-69-37(85)3-1-29-9-73(23-109-26-82)5-6-74(24-110-27-83)60(29)75(10-41(89)90)25-111-28-84)7-39(87)72-68(20-115-64-57(106)51(100)45(94)34(14-79)121-64,21-116-65-58(107)52(101)46(95)35(15-80)122-65)22-117-66-59(108)53(102)47(96)36(16-81)123-66/h26-36,42-66,76-81,91-108H,1-25H2,(H,69,85)(H,70,88)(H,71,86)(H,72,87)(H,89,90). The lowest BCUT2D eigenvalue weighted by molar-refractivity contribution is -0.324. The third-order valence-corrected chi connectivity index (χ3v) is 21.4. The minimum atomic E-state index is -2.64. The summed E-state index contributed by atoms with van der Waals surface area (Å²) in [5.41, 5.74) is -5.23. The minimum Gasteiger partial charge on any atom is -0.480 e. The smallest absolute Gasteiger partial charge is 0.317 e. The second-order valence-electron chi connectivity index (χ2n) is 30.4. The van der Waals surface area contributed by atoms with Crippen LogP contribution in [0.25, 0.3) is 0 Å². The number of ether oxygens (including phenoxy) is 15. The number of rotatable bonds is 49. The van der Waals surface area contributed by atoms with Crippen LogP contribution in [0.5, 0.6) is 0 Å². The summed E-state index contributed by atoms with van der Waals surface area (Å²) in [5.74, 6) is -7.20. The van der Waals surface area contributed by atoms with Gasteiger partial charge in [-0.15, -0.1) is 0 Å². The van der Waals surface area contributed by atoms with E-state index in [0.717, 1.165) is 4.90 Å². The van der Waals surface area contributed by atoms with Gasteiger partial charge in [-0.05, 0) is 12.8 Å². The van der Waals surface area contributed by atoms with Crippen LogP contribution in [0, 0.1) is 5.92 Å². The number of hydrogen-bond acceptors (Lipinski definition) is 50. The van der Waals surface area contributed by atoms with E-state index in [0.29, 0.717) is 0 Å². The van der Waals surface area contributed by atoms with E-state index in [4.69, 9.17) is 71.1 Å². The topological polar surface area (TPSA) is 839 Å². The van der Waals surface area contributed by atoms with Crippen molar-refractivity contribution in [2.45, 2.75) is 240 Å². The Morgan fingerprint density at radius 2 is 0.732 bits per heavy atom. The van der Waals surface area contributed by atoms with E-state index in [1.807, 2.05) is 0 Å². The zero-order valence-electron chi connectivity index (χ0n) is 65.9. The fourth-order valence-corrected chi connectivity index (χ4v) is 14.5. The van der Waals surface area contributed by atoms with Gasteiger partial charge < -0.3 is 220 Å². The lowest BCUT2D eigenvalue weighted by Crippen LogP contribution is -2.65. The molecule has 55 heteroatoms. The van der Waals surface area contributed by atoms with E-state index < -0.39 is 375 Å². The molecular formula is C68H115N7O48. The number of carboxylic acids is 1. The molecule has 0 aromatic carbocycles. The van der Waals surface area contributed by atoms with Crippen molar-refractivity contribution in [3.8, 4) is 0 Å². The predicted octanol–water partition coefficient (Wildman–Crippen LogP) is -20.5. The summed E-state index contributed by atoms with van der Waals surface area (Å²) < 4.78 is 83.7. The Morgan fingerprint density at radius 3 is 1.05 bits per heavy atom. The Bertz CT molecular complexity index is 3030. The van der Waals surface area contributed by atoms with Crippen LogP contribution in [0.15, 0.2) is 0 Å². The third-order valence-electron chi connectivity index (χ3n) is 21.4. The zero-order valence-corrected chi connectivity index (χ0v) is 65.9. The van der Waals surface area contributed by atoms with Gasteiger partial charge in [0.05, 0.1) is 92.0 Å². The van der Waals surface area contributed by atoms with Gasteiger partial charge >= 0.3 is 5.97 Å². The van der Waals surface area contributed by atoms with Gasteiger partial charge in [-0.1, -0.05) is 0 Å². The van der Waals surface area contributed by atoms with Crippen LogP contribution in [0.3, 0.4) is 0 Å². The van der Waals surface area contributed by atoms with Gasteiger partial charge in [-0.25, -0.2) is 4.90 Å². The zero-order chi connectivity index (χ0) is 90.9. The average molecular weight is 1800 g/mol. The van der Waals surface area contributed by atoms with Gasteiger partial charge in [0.25, 0.3) is 19.4 Å². The van der Waals surface area contributed by atoms with Crippen LogP contribution < -0.4 is 21.3 Å². The van der Waals surface area contributed by atoms with Crippen LogP contribution in [-0.4, -0.2) is 531 Å². The molecule has 0 bridgehead atoms. The normalized spacial score (nSPS) is 37.8. The summed E-state index contributed by atoms with van der Waals surface area (Å²) >= 11 is 0. The first-order valence-corrected chi connectivity index (χ1v) is 38.7. The fourth-order valence-electron chi connectivity index (χ4n) is 14.5. The first kappa shape index (κ1) is 104. The largest absolute Gasteiger partial charge is 0.480 e. The lowest BCUT2D eigenvalue weighted by atomic mass is 9.97. The molecule has 7 aliphatic heterocycles. The fraction of sp³-hybridized carbons (Fsp3) is 0.882. The number of carbonyl (C=O) groups is 8. The quantitative estimate of drug-likeness (QED) is 0.0153. The van der Waals surface area contributed by atoms with Gasteiger partial charge in [-0.2, -0.15) is 0 Å². The number of amides is 4. The summed E-state index contributed by atoms with van der Waals surface area (Å²) in [6.45, 7) is -16.9. The minimum absolute atomic E-state index is 0.0184. The van der Waals surface area contributed by atoms with Crippen molar-refractivity contribution in [3.05, 3.63) is 0 Å². The lowest BCUT2D eigenvalue weighted by Gasteiger charge is -2.44. The van der Waals surface area contributed by atoms with Crippen molar-refractivity contribution in [1.82, 2.24) is 36.0 Å². The third kappa shape index (κ3) is 28.1. The van der Waals surface area contributed by atoms with Crippen LogP contribution in [0.4, 0.5) is 0 Å². The molecule has 33 unspecified atom stereocenters. The molecule has 710 valence electrons. The molecule has 123 heavy (non-hydrogen) atoms. The number of hydrogen-bond donors (Lipinski definition) is 29. The van der Waals surface area contributed by atoms with Crippen LogP contribution in [-0.2, 0) is 109 Å². The van der Waals surface area contributed by atoms with Gasteiger partial charge in [0.1, 0.15) is 184 Å². The van der Waals surface area contributed by atoms with Crippen molar-refractivity contribution in [2.75, 3.05) is 132 Å². The second-order valence-corrected chi connectivity index (χ2v) is 30.4. The molecule has 33 atom stereocenters. The number of carboxylic acid groups (broad SMARTS) is 1. The van der Waals surface area contributed by atoms with E-state index in [9.17, 15) is 156 Å². The van der Waals surface area contributed by atoms with Crippen molar-refractivity contribution < 1.29 is 237 Å². The Balaban J connectivity index is 1.30. The van der Waals surface area contributed by atoms with E-state index >= 15 is 9.59 Å². The first-order valence-electron chi connectivity index (χ1n) is 38.7. The summed E-state index contributed by atoms with van der Waals surface area (Å²) in [4.78, 5) is 110. The second kappa shape index (κ2) is 49.7. The van der Waals surface area contributed by atoms with Gasteiger partial charge in [0.2, 0.25) is 23.6 Å². The van der Waals surface area contributed by atoms with Crippen molar-refractivity contribution in [1.29, 1.82) is 0 Å². The van der Waals surface area contributed by atoms with Crippen molar-refractivity contribution >= 4 is 49.0 Å². The average Bonchev–Trinajstić information content (AvgIpc) is 1.50. The molecule has 0 spiro atoms. The number of aliphatic hydroxyl groups is 24. The number of carbonyl (C=O) groups excluding carboxylic acids is 7. The highest BCUT2D eigenvalue weighted by Gasteiger charge is 2.54. The molecular weight excluding hydrogens is 1680 g/mol. The maximum absolute atomic E-state index is 15.4. The molecule has 0 aliphatic carbocycles. The summed E-state index contributed by atoms with van der Waals surface area (Å²) in [6.07, 6.45) is -66.7. The molecule has 7 aliphatic rings. The highest BCUT2D eigenvalue weighted by Crippen LogP contribution is 2.33. The monoisotopic (exact) mass is 1800 g/mol. The summed E-state index contributed by atoms with van der Waals surface area (Å²) in [7, 11) is 0. The van der Waals surface area contributed by atoms with Crippen LogP contribution in [0.1, 0.15) is 32.1 Å². The van der Waals surface area contributed by atoms with E-state index in [1.54, 1.807) is 4.90 Å². The molecule has 0 aromatic heterocycles. The van der Waals surface area contributed by atoms with Gasteiger partial charge in [-0.3, -0.25) is 48.2 Å². The Kier molecular flexibility index (Phi) is 42.1. The molecule has 0 saturated carbocycles. The van der Waals surface area contributed by atoms with Crippen molar-refractivity contribution in [3.63, 3.8) is 0 Å². The predicted molar refractivity (Wildman–Crippen MR) is 384 cm³/mol. The Hall–Kier alpha value is -5.80. The summed E-state index contributed by atoms with van der Waals surface area (Å²) in [5, 5.41) is 277. The maximum atomic E-state index is 15.4. The summed E-state index contributed by atoms with van der Waals surface area (Å²) in [6, 6.07) is -1.84. The molecule has 7 rings (SSSR count). The molecule has 4 amide bonds. The maximum Gasteiger partial charge on any atom is 0.317 e. The number of nitrogens with zero attached hydrogens (tertiary/aromatic N) is 3. The number of aliphatic carboxylic acids is 1. The highest BCUT2D eigenvalue weighted by atomic mass is 16.8. The number of aliphatic hydroxyl groups excluding tert-OH is 24. The molecule has 7 saturated heterocycles. The van der Waals surface area contributed by atoms with Crippen LogP contribution in [0.2, 0.25) is 0 Å². The van der Waals surface area contributed by atoms with E-state index in [-0.39, 0.29) is 52.2 Å². The Morgan fingerprint density at radius 1 is 0.407 bits per heavy atom. The molecule has 7 heterocycles. The number of nitrogens with one attached hydrogen (secondary N) is 4. The molecule has 0 radical (unpaired) electrons. The highest BCUT2D eigenvalue weighted by molar-refractivity contribution is 5.86. The molecule has 7 fully saturated rings. The van der Waals surface area contributed by atoms with Gasteiger partial charge in [0.15, 0.2) is 37.7 Å². The molecule has 0 aromatic rings. The van der Waals surface area contributed by atoms with Crippen LogP contribution >= 0.6 is 0 Å². The van der Waals surface area contributed by atoms with Crippen molar-refractivity contribution in [2.24, 2.45) is 5.92 Å². The Labute approximate surface area is 697 Å². The van der Waals surface area contributed by atoms with Gasteiger partial charge in [0, 0.05) is 50.9 Å². The SMILES string of the molecule is O=COCN1CCN(COC=O)C(N(COC=O)CC(=O)O)C(CCC(=O)NCC(=O)NC(CCC(=O)NC(COC2OC(CO)C(O)C(O)C2O)(COC2OC(CO)C(O)C(O)C2O)COC2OC(CO)C(O)C(O)C2O)CC(=O)NC(COC2OC(CO)C(O)C(O)C2O)(COC2OC(CO)C(O)C(O)C2O)COC2OC(CO)C(O)C(O)C2O)C1. The first-order chi connectivity index (χ1) is 58.4. The van der Waals surface area contributed by atoms with E-state index in [2.05, 4.69) is 21.3 Å². The van der Waals surface area contributed by atoms with E-state index in [1.165, 1.54) is 4.90 Å².